The van der Waals surface area contributed by atoms with Crippen molar-refractivity contribution >= 4 is 27.5 Å². The summed E-state index contributed by atoms with van der Waals surface area (Å²) in [4.78, 5) is 13.6. The van der Waals surface area contributed by atoms with Gasteiger partial charge in [0, 0.05) is 17.9 Å². The standard InChI is InChI=1S/C14H21BrN2O/c1-5-17(6-2)9-12-7-10(3)8-13(15)14(12)16-11(4)18/h7-8H,5-6,9H2,1-4H3,(H,16,18). The number of anilines is 1. The van der Waals surface area contributed by atoms with E-state index in [4.69, 9.17) is 0 Å². The number of benzene rings is 1. The van der Waals surface area contributed by atoms with Crippen molar-refractivity contribution in [2.45, 2.75) is 34.2 Å². The van der Waals surface area contributed by atoms with Gasteiger partial charge in [-0.15, -0.1) is 0 Å². The highest BCUT2D eigenvalue weighted by Crippen LogP contribution is 2.29. The molecule has 0 saturated heterocycles. The van der Waals surface area contributed by atoms with Crippen LogP contribution in [0.5, 0.6) is 0 Å². The molecule has 1 amide bonds. The van der Waals surface area contributed by atoms with Gasteiger partial charge in [0.2, 0.25) is 5.91 Å². The molecule has 0 fully saturated rings. The van der Waals surface area contributed by atoms with Gasteiger partial charge in [-0.1, -0.05) is 19.9 Å². The highest BCUT2D eigenvalue weighted by molar-refractivity contribution is 9.10. The highest BCUT2D eigenvalue weighted by atomic mass is 79.9. The van der Waals surface area contributed by atoms with Crippen LogP contribution >= 0.6 is 15.9 Å². The van der Waals surface area contributed by atoms with Gasteiger partial charge in [0.05, 0.1) is 5.69 Å². The third kappa shape index (κ3) is 4.10. The Morgan fingerprint density at radius 2 is 1.94 bits per heavy atom. The summed E-state index contributed by atoms with van der Waals surface area (Å²) in [6.45, 7) is 10.7. The van der Waals surface area contributed by atoms with E-state index in [0.29, 0.717) is 0 Å². The predicted molar refractivity (Wildman–Crippen MR) is 79.8 cm³/mol. The minimum Gasteiger partial charge on any atom is -0.325 e. The summed E-state index contributed by atoms with van der Waals surface area (Å²) < 4.78 is 0.944. The lowest BCUT2D eigenvalue weighted by molar-refractivity contribution is -0.114. The van der Waals surface area contributed by atoms with E-state index in [9.17, 15) is 4.79 Å². The van der Waals surface area contributed by atoms with Gasteiger partial charge in [-0.25, -0.2) is 0 Å². The molecule has 0 atom stereocenters. The van der Waals surface area contributed by atoms with Crippen LogP contribution in [0.15, 0.2) is 16.6 Å². The number of rotatable bonds is 5. The molecule has 0 unspecified atom stereocenters. The number of carbonyl (C=O) groups is 1. The van der Waals surface area contributed by atoms with Gasteiger partial charge < -0.3 is 5.32 Å². The smallest absolute Gasteiger partial charge is 0.221 e. The normalized spacial score (nSPS) is 10.8. The number of hydrogen-bond acceptors (Lipinski definition) is 2. The van der Waals surface area contributed by atoms with Crippen LogP contribution in [-0.4, -0.2) is 23.9 Å². The number of amides is 1. The van der Waals surface area contributed by atoms with Crippen LogP contribution in [0.3, 0.4) is 0 Å². The molecule has 1 aromatic rings. The zero-order valence-electron chi connectivity index (χ0n) is 11.5. The molecule has 0 aliphatic heterocycles. The van der Waals surface area contributed by atoms with Crippen LogP contribution in [0.25, 0.3) is 0 Å². The van der Waals surface area contributed by atoms with E-state index in [-0.39, 0.29) is 5.91 Å². The monoisotopic (exact) mass is 312 g/mol. The average Bonchev–Trinajstić information content (AvgIpc) is 2.29. The van der Waals surface area contributed by atoms with E-state index in [2.05, 4.69) is 53.0 Å². The molecule has 0 aliphatic rings. The third-order valence-corrected chi connectivity index (χ3v) is 3.53. The Bertz CT molecular complexity index is 428. The minimum absolute atomic E-state index is 0.0413. The molecule has 0 aromatic heterocycles. The van der Waals surface area contributed by atoms with E-state index < -0.39 is 0 Å². The maximum absolute atomic E-state index is 11.3. The van der Waals surface area contributed by atoms with Crippen molar-refractivity contribution in [1.82, 2.24) is 4.90 Å². The van der Waals surface area contributed by atoms with Crippen molar-refractivity contribution in [1.29, 1.82) is 0 Å². The number of nitrogens with zero attached hydrogens (tertiary/aromatic N) is 1. The predicted octanol–water partition coefficient (Wildman–Crippen LogP) is 3.56. The molecule has 0 heterocycles. The molecule has 0 bridgehead atoms. The molecule has 1 N–H and O–H groups in total. The Balaban J connectivity index is 3.10. The van der Waals surface area contributed by atoms with Crippen molar-refractivity contribution in [3.63, 3.8) is 0 Å². The lowest BCUT2D eigenvalue weighted by Gasteiger charge is -2.21. The van der Waals surface area contributed by atoms with Gasteiger partial charge in [0.25, 0.3) is 0 Å². The summed E-state index contributed by atoms with van der Waals surface area (Å²) in [6, 6.07) is 4.16. The summed E-state index contributed by atoms with van der Waals surface area (Å²) >= 11 is 3.53. The third-order valence-electron chi connectivity index (χ3n) is 2.91. The zero-order valence-corrected chi connectivity index (χ0v) is 13.1. The number of aryl methyl sites for hydroxylation is 1. The Kier molecular flexibility index (Phi) is 5.82. The Labute approximate surface area is 118 Å². The summed E-state index contributed by atoms with van der Waals surface area (Å²) in [6.07, 6.45) is 0. The largest absolute Gasteiger partial charge is 0.325 e. The zero-order chi connectivity index (χ0) is 13.7. The van der Waals surface area contributed by atoms with Gasteiger partial charge in [0.15, 0.2) is 0 Å². The molecule has 0 radical (unpaired) electrons. The lowest BCUT2D eigenvalue weighted by Crippen LogP contribution is -2.23. The fourth-order valence-electron chi connectivity index (χ4n) is 1.94. The number of hydrogen-bond donors (Lipinski definition) is 1. The molecule has 4 heteroatoms. The average molecular weight is 313 g/mol. The molecule has 1 rings (SSSR count). The van der Waals surface area contributed by atoms with Crippen molar-refractivity contribution in [3.05, 3.63) is 27.7 Å². The van der Waals surface area contributed by atoms with Crippen LogP contribution in [0, 0.1) is 6.92 Å². The highest BCUT2D eigenvalue weighted by Gasteiger charge is 2.11. The maximum Gasteiger partial charge on any atom is 0.221 e. The van der Waals surface area contributed by atoms with Gasteiger partial charge in [-0.3, -0.25) is 9.69 Å². The lowest BCUT2D eigenvalue weighted by atomic mass is 10.1. The van der Waals surface area contributed by atoms with Crippen molar-refractivity contribution in [3.8, 4) is 0 Å². The van der Waals surface area contributed by atoms with Crippen LogP contribution in [-0.2, 0) is 11.3 Å². The first-order valence-electron chi connectivity index (χ1n) is 6.26. The molecular formula is C14H21BrN2O. The first-order chi connectivity index (χ1) is 8.47. The minimum atomic E-state index is -0.0413. The summed E-state index contributed by atoms with van der Waals surface area (Å²) in [5.41, 5.74) is 3.24. The second-order valence-corrected chi connectivity index (χ2v) is 5.28. The molecule has 100 valence electrons. The molecule has 0 saturated carbocycles. The first-order valence-corrected chi connectivity index (χ1v) is 7.06. The van der Waals surface area contributed by atoms with Crippen molar-refractivity contribution < 1.29 is 4.79 Å². The Hall–Kier alpha value is -0.870. The Morgan fingerprint density at radius 3 is 2.44 bits per heavy atom. The van der Waals surface area contributed by atoms with E-state index in [0.717, 1.165) is 35.4 Å². The van der Waals surface area contributed by atoms with Crippen LogP contribution in [0.1, 0.15) is 31.9 Å². The van der Waals surface area contributed by atoms with Crippen molar-refractivity contribution in [2.75, 3.05) is 18.4 Å². The van der Waals surface area contributed by atoms with E-state index in [1.165, 1.54) is 12.5 Å². The van der Waals surface area contributed by atoms with Gasteiger partial charge in [-0.2, -0.15) is 0 Å². The molecule has 18 heavy (non-hydrogen) atoms. The molecule has 3 nitrogen and oxygen atoms in total. The van der Waals surface area contributed by atoms with E-state index in [1.807, 2.05) is 6.07 Å². The Morgan fingerprint density at radius 1 is 1.33 bits per heavy atom. The summed E-state index contributed by atoms with van der Waals surface area (Å²) in [5, 5.41) is 2.91. The van der Waals surface area contributed by atoms with E-state index >= 15 is 0 Å². The van der Waals surface area contributed by atoms with Crippen LogP contribution in [0.4, 0.5) is 5.69 Å². The topological polar surface area (TPSA) is 32.3 Å². The molecular weight excluding hydrogens is 292 g/mol. The van der Waals surface area contributed by atoms with Gasteiger partial charge in [-0.05, 0) is 53.1 Å². The van der Waals surface area contributed by atoms with Crippen LogP contribution < -0.4 is 5.32 Å². The van der Waals surface area contributed by atoms with E-state index in [1.54, 1.807) is 0 Å². The second kappa shape index (κ2) is 6.90. The molecule has 1 aromatic carbocycles. The van der Waals surface area contributed by atoms with Gasteiger partial charge >= 0.3 is 0 Å². The summed E-state index contributed by atoms with van der Waals surface area (Å²) in [5.74, 6) is -0.0413. The number of halogens is 1. The second-order valence-electron chi connectivity index (χ2n) is 4.42. The number of nitrogens with one attached hydrogen (secondary N) is 1. The fourth-order valence-corrected chi connectivity index (χ4v) is 2.66. The van der Waals surface area contributed by atoms with Crippen molar-refractivity contribution in [2.24, 2.45) is 0 Å². The maximum atomic E-state index is 11.3. The molecule has 0 aliphatic carbocycles. The SMILES string of the molecule is CCN(CC)Cc1cc(C)cc(Br)c1NC(C)=O. The number of carbonyl (C=O) groups excluding carboxylic acids is 1. The first kappa shape index (κ1) is 15.2. The molecule has 0 spiro atoms. The summed E-state index contributed by atoms with van der Waals surface area (Å²) in [7, 11) is 0. The van der Waals surface area contributed by atoms with Crippen LogP contribution in [0.2, 0.25) is 0 Å². The van der Waals surface area contributed by atoms with Gasteiger partial charge in [0.1, 0.15) is 0 Å². The fraction of sp³-hybridized carbons (Fsp3) is 0.500. The quantitative estimate of drug-likeness (QED) is 0.901.